The molecule has 1 aromatic heterocycles. The van der Waals surface area contributed by atoms with Crippen molar-refractivity contribution in [1.82, 2.24) is 24.8 Å². The highest BCUT2D eigenvalue weighted by molar-refractivity contribution is 5.98. The molecule has 41 heavy (non-hydrogen) atoms. The van der Waals surface area contributed by atoms with E-state index in [9.17, 15) is 19.5 Å². The Bertz CT molecular complexity index is 1360. The maximum atomic E-state index is 14.6. The van der Waals surface area contributed by atoms with E-state index in [-0.39, 0.29) is 44.2 Å². The smallest absolute Gasteiger partial charge is 0.312 e. The molecule has 7 atom stereocenters. The van der Waals surface area contributed by atoms with Gasteiger partial charge in [-0.2, -0.15) is 0 Å². The molecule has 1 aromatic carbocycles. The van der Waals surface area contributed by atoms with E-state index in [1.807, 2.05) is 45.0 Å². The molecule has 220 valence electrons. The second kappa shape index (κ2) is 11.0. The van der Waals surface area contributed by atoms with Gasteiger partial charge in [-0.3, -0.25) is 14.4 Å². The molecule has 3 aliphatic heterocycles. The Balaban J connectivity index is 1.57. The quantitative estimate of drug-likeness (QED) is 0.236. The fourth-order valence-electron chi connectivity index (χ4n) is 7.18. The Hall–Kier alpha value is -3.57. The maximum Gasteiger partial charge on any atom is 0.312 e. The molecule has 1 spiro atoms. The van der Waals surface area contributed by atoms with Crippen molar-refractivity contribution < 1.29 is 29.0 Å². The molecule has 0 aliphatic carbocycles. The molecule has 4 heterocycles. The van der Waals surface area contributed by atoms with Crippen molar-refractivity contribution in [2.75, 3.05) is 19.8 Å². The first-order valence-corrected chi connectivity index (χ1v) is 14.3. The van der Waals surface area contributed by atoms with E-state index in [1.165, 1.54) is 4.90 Å². The van der Waals surface area contributed by atoms with Gasteiger partial charge < -0.3 is 24.4 Å². The number of nitrogens with zero attached hydrogens (tertiary/aromatic N) is 5. The molecule has 3 fully saturated rings. The van der Waals surface area contributed by atoms with Gasteiger partial charge in [-0.1, -0.05) is 43.3 Å². The molecule has 2 bridgehead atoms. The van der Waals surface area contributed by atoms with Gasteiger partial charge in [-0.15, -0.1) is 18.3 Å². The molecule has 3 saturated heterocycles. The van der Waals surface area contributed by atoms with Gasteiger partial charge in [0.2, 0.25) is 11.8 Å². The van der Waals surface area contributed by atoms with Gasteiger partial charge in [0.1, 0.15) is 29.7 Å². The van der Waals surface area contributed by atoms with Crippen LogP contribution in [-0.4, -0.2) is 90.7 Å². The summed E-state index contributed by atoms with van der Waals surface area (Å²) in [4.78, 5) is 45.5. The lowest BCUT2D eigenvalue weighted by atomic mass is 9.62. The van der Waals surface area contributed by atoms with E-state index >= 15 is 0 Å². The van der Waals surface area contributed by atoms with Crippen molar-refractivity contribution in [3.8, 4) is 0 Å². The van der Waals surface area contributed by atoms with Gasteiger partial charge in [-0.05, 0) is 44.2 Å². The van der Waals surface area contributed by atoms with Crippen molar-refractivity contribution in [2.45, 2.75) is 70.0 Å². The summed E-state index contributed by atoms with van der Waals surface area (Å²) in [5.74, 6) is -3.15. The molecular formula is C30H39N5O6. The summed E-state index contributed by atoms with van der Waals surface area (Å²) >= 11 is 0. The van der Waals surface area contributed by atoms with Crippen LogP contribution in [0.15, 0.2) is 49.6 Å². The zero-order valence-electron chi connectivity index (χ0n) is 23.9. The molecule has 3 aliphatic rings. The van der Waals surface area contributed by atoms with Crippen LogP contribution in [0.4, 0.5) is 0 Å². The minimum absolute atomic E-state index is 0.0698. The summed E-state index contributed by atoms with van der Waals surface area (Å²) in [5, 5.41) is 18.8. The normalized spacial score (nSPS) is 30.8. The predicted octanol–water partition coefficient (Wildman–Crippen LogP) is 2.30. The highest BCUT2D eigenvalue weighted by atomic mass is 16.6. The van der Waals surface area contributed by atoms with E-state index in [1.54, 1.807) is 21.7 Å². The third-order valence-electron chi connectivity index (χ3n) is 9.27. The summed E-state index contributed by atoms with van der Waals surface area (Å²) in [6, 6.07) is 5.77. The van der Waals surface area contributed by atoms with Crippen LogP contribution >= 0.6 is 0 Å². The molecule has 2 aromatic rings. The summed E-state index contributed by atoms with van der Waals surface area (Å²) in [6.45, 7) is 13.3. The number of hydrogen-bond acceptors (Lipinski definition) is 8. The minimum atomic E-state index is -1.25. The number of fused-ring (bicyclic) bond motifs is 2. The molecule has 11 heteroatoms. The number of hydrogen-bond donors (Lipinski definition) is 1. The lowest BCUT2D eigenvalue weighted by molar-refractivity contribution is -0.164. The zero-order valence-corrected chi connectivity index (χ0v) is 23.9. The molecule has 3 unspecified atom stereocenters. The van der Waals surface area contributed by atoms with E-state index < -0.39 is 41.1 Å². The number of aliphatic hydroxyl groups excluding tert-OH is 1. The molecule has 0 saturated carbocycles. The number of likely N-dealkylation sites (tertiary alicyclic amines) is 1. The van der Waals surface area contributed by atoms with Gasteiger partial charge in [-0.25, -0.2) is 4.68 Å². The van der Waals surface area contributed by atoms with Gasteiger partial charge in [0.05, 0.1) is 36.3 Å². The number of para-hydroxylation sites is 1. The van der Waals surface area contributed by atoms with E-state index in [0.29, 0.717) is 24.8 Å². The third-order valence-corrected chi connectivity index (χ3v) is 9.27. The topological polar surface area (TPSA) is 127 Å². The number of benzene rings is 1. The Morgan fingerprint density at radius 3 is 2.76 bits per heavy atom. The number of aliphatic hydroxyl groups is 1. The van der Waals surface area contributed by atoms with Crippen LogP contribution in [0.3, 0.4) is 0 Å². The highest BCUT2D eigenvalue weighted by Crippen LogP contribution is 2.65. The standard InChI is InChI=1S/C30H39N5O6/c1-6-9-15-40-28(39)24-23-26(37)35(20(8-3)17-36)25(30(23)16-19(4)29(24,5)41-30)27(38)33(14-7-2)18-34-22-13-11-10-12-21(22)31-32-34/h6-7,10-13,19-20,23-25,36H,1-2,8-9,14-18H2,3-5H3/t19?,20-,23-,24+,25?,29-,30?/m0/s1. The van der Waals surface area contributed by atoms with Crippen LogP contribution in [0.1, 0.15) is 40.0 Å². The van der Waals surface area contributed by atoms with Crippen molar-refractivity contribution in [3.63, 3.8) is 0 Å². The van der Waals surface area contributed by atoms with E-state index in [2.05, 4.69) is 23.5 Å². The summed E-state index contributed by atoms with van der Waals surface area (Å²) in [6.07, 6.45) is 4.60. The van der Waals surface area contributed by atoms with Crippen LogP contribution in [0, 0.1) is 17.8 Å². The van der Waals surface area contributed by atoms with Crippen LogP contribution in [0.2, 0.25) is 0 Å². The summed E-state index contributed by atoms with van der Waals surface area (Å²) < 4.78 is 14.0. The van der Waals surface area contributed by atoms with E-state index in [0.717, 1.165) is 5.52 Å². The number of amides is 2. The molecular weight excluding hydrogens is 526 g/mol. The fourth-order valence-corrected chi connectivity index (χ4v) is 7.18. The van der Waals surface area contributed by atoms with Gasteiger partial charge in [0.25, 0.3) is 0 Å². The minimum Gasteiger partial charge on any atom is -0.465 e. The Labute approximate surface area is 239 Å². The van der Waals surface area contributed by atoms with Crippen molar-refractivity contribution in [1.29, 1.82) is 0 Å². The summed E-state index contributed by atoms with van der Waals surface area (Å²) in [5.41, 5.74) is -0.786. The Kier molecular flexibility index (Phi) is 7.78. The highest BCUT2D eigenvalue weighted by Gasteiger charge is 2.80. The molecule has 1 N–H and O–H groups in total. The first-order chi connectivity index (χ1) is 19.7. The lowest BCUT2D eigenvalue weighted by Gasteiger charge is -2.39. The Morgan fingerprint density at radius 2 is 2.07 bits per heavy atom. The first kappa shape index (κ1) is 28.9. The average Bonchev–Trinajstić information content (AvgIpc) is 3.63. The molecule has 0 radical (unpaired) electrons. The number of aromatic nitrogens is 3. The van der Waals surface area contributed by atoms with Crippen molar-refractivity contribution in [3.05, 3.63) is 49.6 Å². The van der Waals surface area contributed by atoms with Crippen LogP contribution < -0.4 is 0 Å². The number of carbonyl (C=O) groups excluding carboxylic acids is 3. The number of ether oxygens (including phenoxy) is 2. The van der Waals surface area contributed by atoms with Gasteiger partial charge in [0, 0.05) is 6.54 Å². The van der Waals surface area contributed by atoms with Crippen LogP contribution in [-0.2, 0) is 30.5 Å². The SMILES string of the molecule is C=CCCOC(=O)[C@H]1[C@H]2C(=O)N([C@@H](CC)CO)C(C(=O)N(CC=C)Cn3nnc4ccccc43)C23CC(C)[C@]1(C)O3. The zero-order chi connectivity index (χ0) is 29.5. The second-order valence-electron chi connectivity index (χ2n) is 11.5. The lowest BCUT2D eigenvalue weighted by Crippen LogP contribution is -2.59. The van der Waals surface area contributed by atoms with Gasteiger partial charge in [0.15, 0.2) is 0 Å². The molecule has 5 rings (SSSR count). The predicted molar refractivity (Wildman–Crippen MR) is 150 cm³/mol. The average molecular weight is 566 g/mol. The van der Waals surface area contributed by atoms with Gasteiger partial charge >= 0.3 is 5.97 Å². The largest absolute Gasteiger partial charge is 0.465 e. The molecule has 2 amide bonds. The number of rotatable bonds is 12. The van der Waals surface area contributed by atoms with Crippen LogP contribution in [0.25, 0.3) is 11.0 Å². The Morgan fingerprint density at radius 1 is 1.32 bits per heavy atom. The third kappa shape index (κ3) is 4.37. The monoisotopic (exact) mass is 565 g/mol. The first-order valence-electron chi connectivity index (χ1n) is 14.3. The number of esters is 1. The van der Waals surface area contributed by atoms with Crippen molar-refractivity contribution >= 4 is 28.8 Å². The maximum absolute atomic E-state index is 14.6. The summed E-state index contributed by atoms with van der Waals surface area (Å²) in [7, 11) is 0. The second-order valence-corrected chi connectivity index (χ2v) is 11.5. The fraction of sp³-hybridized carbons (Fsp3) is 0.567. The number of carbonyl (C=O) groups is 3. The van der Waals surface area contributed by atoms with Crippen molar-refractivity contribution in [2.24, 2.45) is 17.8 Å². The van der Waals surface area contributed by atoms with E-state index in [4.69, 9.17) is 9.47 Å². The van der Waals surface area contributed by atoms with Crippen LogP contribution in [0.5, 0.6) is 0 Å². The molecule has 11 nitrogen and oxygen atoms in total.